The fourth-order valence-electron chi connectivity index (χ4n) is 2.63. The average molecular weight is 252 g/mol. The average Bonchev–Trinajstić information content (AvgIpc) is 2.35. The van der Waals surface area contributed by atoms with Gasteiger partial charge >= 0.3 is 5.97 Å². The molecule has 0 bridgehead atoms. The van der Waals surface area contributed by atoms with Crippen LogP contribution in [0.1, 0.15) is 31.2 Å². The molecule has 0 amide bonds. The number of carbonyl (C=O) groups is 1. The van der Waals surface area contributed by atoms with E-state index in [1.807, 2.05) is 0 Å². The number of benzene rings is 1. The minimum Gasteiger partial charge on any atom is -0.481 e. The van der Waals surface area contributed by atoms with E-state index in [0.29, 0.717) is 31.2 Å². The van der Waals surface area contributed by atoms with E-state index >= 15 is 0 Å². The van der Waals surface area contributed by atoms with Gasteiger partial charge in [0.15, 0.2) is 0 Å². The Morgan fingerprint density at radius 3 is 2.50 bits per heavy atom. The topological polar surface area (TPSA) is 57.5 Å². The molecule has 0 atom stereocenters. The van der Waals surface area contributed by atoms with Gasteiger partial charge in [0, 0.05) is 0 Å². The molecule has 3 nitrogen and oxygen atoms in total. The van der Waals surface area contributed by atoms with Crippen molar-refractivity contribution in [2.75, 3.05) is 0 Å². The molecule has 1 saturated carbocycles. The minimum atomic E-state index is -0.929. The first-order valence-electron chi connectivity index (χ1n) is 6.18. The van der Waals surface area contributed by atoms with E-state index in [1.165, 1.54) is 6.07 Å². The number of hydrogen-bond acceptors (Lipinski definition) is 2. The molecule has 4 heteroatoms. The summed E-state index contributed by atoms with van der Waals surface area (Å²) >= 11 is 0. The number of aliphatic hydroxyl groups excluding tert-OH is 1. The molecule has 2 rings (SSSR count). The molecular weight excluding hydrogens is 235 g/mol. The molecule has 0 radical (unpaired) electrons. The van der Waals surface area contributed by atoms with Gasteiger partial charge in [-0.15, -0.1) is 0 Å². The normalized spacial score (nSPS) is 28.0. The van der Waals surface area contributed by atoms with Crippen LogP contribution >= 0.6 is 0 Å². The standard InChI is InChI=1S/C14H17FO3/c15-12-4-2-1-3-10(12)9-14(13(17)18)7-5-11(16)6-8-14/h1-4,11,16H,5-9H2,(H,17,18). The Morgan fingerprint density at radius 1 is 1.33 bits per heavy atom. The summed E-state index contributed by atoms with van der Waals surface area (Å²) in [5, 5.41) is 18.9. The van der Waals surface area contributed by atoms with Crippen molar-refractivity contribution in [1.29, 1.82) is 0 Å². The highest BCUT2D eigenvalue weighted by atomic mass is 19.1. The number of aliphatic hydroxyl groups is 1. The number of rotatable bonds is 3. The van der Waals surface area contributed by atoms with Crippen molar-refractivity contribution < 1.29 is 19.4 Å². The highest BCUT2D eigenvalue weighted by molar-refractivity contribution is 5.75. The van der Waals surface area contributed by atoms with Gasteiger partial charge in [-0.3, -0.25) is 4.79 Å². The Morgan fingerprint density at radius 2 is 1.94 bits per heavy atom. The van der Waals surface area contributed by atoms with Gasteiger partial charge < -0.3 is 10.2 Å². The van der Waals surface area contributed by atoms with Gasteiger partial charge in [0.25, 0.3) is 0 Å². The molecular formula is C14H17FO3. The monoisotopic (exact) mass is 252 g/mol. The van der Waals surface area contributed by atoms with E-state index in [4.69, 9.17) is 0 Å². The van der Waals surface area contributed by atoms with Gasteiger partial charge in [-0.25, -0.2) is 4.39 Å². The van der Waals surface area contributed by atoms with Crippen molar-refractivity contribution in [3.8, 4) is 0 Å². The maximum Gasteiger partial charge on any atom is 0.309 e. The van der Waals surface area contributed by atoms with Gasteiger partial charge in [-0.2, -0.15) is 0 Å². The van der Waals surface area contributed by atoms with Crippen molar-refractivity contribution in [2.24, 2.45) is 5.41 Å². The number of aliphatic carboxylic acids is 1. The molecule has 1 aromatic carbocycles. The largest absolute Gasteiger partial charge is 0.481 e. The first-order chi connectivity index (χ1) is 8.53. The second-order valence-electron chi connectivity index (χ2n) is 5.08. The van der Waals surface area contributed by atoms with Gasteiger partial charge in [0.2, 0.25) is 0 Å². The summed E-state index contributed by atoms with van der Waals surface area (Å²) in [7, 11) is 0. The summed E-state index contributed by atoms with van der Waals surface area (Å²) in [5.41, 5.74) is -0.488. The van der Waals surface area contributed by atoms with E-state index < -0.39 is 17.5 Å². The SMILES string of the molecule is O=C(O)C1(Cc2ccccc2F)CCC(O)CC1. The van der Waals surface area contributed by atoms with Gasteiger partial charge in [-0.05, 0) is 43.7 Å². The van der Waals surface area contributed by atoms with Crippen LogP contribution in [0.3, 0.4) is 0 Å². The molecule has 1 fully saturated rings. The van der Waals surface area contributed by atoms with Crippen molar-refractivity contribution in [2.45, 2.75) is 38.2 Å². The Labute approximate surface area is 105 Å². The summed E-state index contributed by atoms with van der Waals surface area (Å²) in [6.07, 6.45) is 1.52. The van der Waals surface area contributed by atoms with Crippen LogP contribution in [0.15, 0.2) is 24.3 Å². The van der Waals surface area contributed by atoms with Crippen LogP contribution in [0.5, 0.6) is 0 Å². The second kappa shape index (κ2) is 5.06. The maximum atomic E-state index is 13.6. The molecule has 1 aliphatic rings. The Balaban J connectivity index is 2.22. The molecule has 0 aliphatic heterocycles. The fraction of sp³-hybridized carbons (Fsp3) is 0.500. The minimum absolute atomic E-state index is 0.196. The Hall–Kier alpha value is -1.42. The second-order valence-corrected chi connectivity index (χ2v) is 5.08. The number of carboxylic acids is 1. The van der Waals surface area contributed by atoms with E-state index in [-0.39, 0.29) is 12.2 Å². The third-order valence-corrected chi connectivity index (χ3v) is 3.85. The zero-order chi connectivity index (χ0) is 13.2. The number of hydrogen-bond donors (Lipinski definition) is 2. The lowest BCUT2D eigenvalue weighted by Crippen LogP contribution is -2.38. The van der Waals surface area contributed by atoms with E-state index in [2.05, 4.69) is 0 Å². The molecule has 1 aliphatic carbocycles. The van der Waals surface area contributed by atoms with Crippen LogP contribution in [0, 0.1) is 11.2 Å². The van der Waals surface area contributed by atoms with Crippen molar-refractivity contribution >= 4 is 5.97 Å². The summed E-state index contributed by atoms with van der Waals surface area (Å²) < 4.78 is 13.6. The van der Waals surface area contributed by atoms with Crippen LogP contribution < -0.4 is 0 Å². The number of carboxylic acid groups (broad SMARTS) is 1. The van der Waals surface area contributed by atoms with Crippen LogP contribution in [0.2, 0.25) is 0 Å². The van der Waals surface area contributed by atoms with Crippen molar-refractivity contribution in [3.05, 3.63) is 35.6 Å². The fourth-order valence-corrected chi connectivity index (χ4v) is 2.63. The molecule has 2 N–H and O–H groups in total. The summed E-state index contributed by atoms with van der Waals surface area (Å²) in [6.45, 7) is 0. The summed E-state index contributed by atoms with van der Waals surface area (Å²) in [6, 6.07) is 6.29. The van der Waals surface area contributed by atoms with E-state index in [0.717, 1.165) is 0 Å². The number of halogens is 1. The predicted molar refractivity (Wildman–Crippen MR) is 64.6 cm³/mol. The highest BCUT2D eigenvalue weighted by Crippen LogP contribution is 2.40. The van der Waals surface area contributed by atoms with Crippen LogP contribution in [0.25, 0.3) is 0 Å². The molecule has 0 aromatic heterocycles. The van der Waals surface area contributed by atoms with Gasteiger partial charge in [0.1, 0.15) is 5.82 Å². The van der Waals surface area contributed by atoms with Crippen LogP contribution in [-0.2, 0) is 11.2 Å². The first-order valence-corrected chi connectivity index (χ1v) is 6.18. The lowest BCUT2D eigenvalue weighted by atomic mass is 9.69. The molecule has 0 heterocycles. The molecule has 18 heavy (non-hydrogen) atoms. The molecule has 0 unspecified atom stereocenters. The van der Waals surface area contributed by atoms with E-state index in [1.54, 1.807) is 18.2 Å². The molecule has 0 spiro atoms. The molecule has 98 valence electrons. The van der Waals surface area contributed by atoms with Crippen molar-refractivity contribution in [1.82, 2.24) is 0 Å². The van der Waals surface area contributed by atoms with Crippen LogP contribution in [0.4, 0.5) is 4.39 Å². The lowest BCUT2D eigenvalue weighted by molar-refractivity contribution is -0.152. The van der Waals surface area contributed by atoms with E-state index in [9.17, 15) is 19.4 Å². The maximum absolute atomic E-state index is 13.6. The Bertz CT molecular complexity index is 436. The molecule has 1 aromatic rings. The van der Waals surface area contributed by atoms with Crippen LogP contribution in [-0.4, -0.2) is 22.3 Å². The van der Waals surface area contributed by atoms with Gasteiger partial charge in [-0.1, -0.05) is 18.2 Å². The zero-order valence-corrected chi connectivity index (χ0v) is 10.1. The summed E-state index contributed by atoms with van der Waals surface area (Å²) in [5.74, 6) is -1.25. The van der Waals surface area contributed by atoms with Crippen molar-refractivity contribution in [3.63, 3.8) is 0 Å². The zero-order valence-electron chi connectivity index (χ0n) is 10.1. The van der Waals surface area contributed by atoms with Gasteiger partial charge in [0.05, 0.1) is 11.5 Å². The third-order valence-electron chi connectivity index (χ3n) is 3.85. The first kappa shape index (κ1) is 13.0. The smallest absolute Gasteiger partial charge is 0.309 e. The molecule has 0 saturated heterocycles. The predicted octanol–water partition coefficient (Wildman–Crippen LogP) is 2.37. The Kier molecular flexibility index (Phi) is 3.66. The third kappa shape index (κ3) is 2.53. The lowest BCUT2D eigenvalue weighted by Gasteiger charge is -2.35. The summed E-state index contributed by atoms with van der Waals surface area (Å²) in [4.78, 5) is 11.5. The quantitative estimate of drug-likeness (QED) is 0.868. The highest BCUT2D eigenvalue weighted by Gasteiger charge is 2.42.